The number of benzene rings is 1. The monoisotopic (exact) mass is 246 g/mol. The lowest BCUT2D eigenvalue weighted by atomic mass is 10.2. The van der Waals surface area contributed by atoms with E-state index in [4.69, 9.17) is 14.9 Å². The van der Waals surface area contributed by atoms with Crippen molar-refractivity contribution < 1.29 is 9.15 Å². The van der Waals surface area contributed by atoms with Gasteiger partial charge < -0.3 is 14.9 Å². The fourth-order valence-electron chi connectivity index (χ4n) is 1.68. The van der Waals surface area contributed by atoms with Gasteiger partial charge in [-0.2, -0.15) is 0 Å². The topological polar surface area (TPSA) is 61.3 Å². The molecule has 0 bridgehead atoms. The zero-order valence-corrected chi connectivity index (χ0v) is 10.6. The molecule has 0 saturated heterocycles. The molecule has 0 saturated carbocycles. The Labute approximate surface area is 107 Å². The molecule has 0 radical (unpaired) electrons. The highest BCUT2D eigenvalue weighted by molar-refractivity contribution is 5.27. The zero-order valence-electron chi connectivity index (χ0n) is 10.6. The lowest BCUT2D eigenvalue weighted by molar-refractivity contribution is 0.303. The van der Waals surface area contributed by atoms with E-state index in [1.807, 2.05) is 31.2 Å². The van der Waals surface area contributed by atoms with Crippen molar-refractivity contribution in [2.45, 2.75) is 19.8 Å². The van der Waals surface area contributed by atoms with Crippen LogP contribution in [0.4, 0.5) is 0 Å². The molecule has 0 aliphatic heterocycles. The smallest absolute Gasteiger partial charge is 0.197 e. The SMILES string of the molecule is Cc1cccc(OCCc2ncc(CCN)o2)c1. The number of nitrogens with two attached hydrogens (primary N) is 1. The van der Waals surface area contributed by atoms with Crippen LogP contribution in [0.3, 0.4) is 0 Å². The summed E-state index contributed by atoms with van der Waals surface area (Å²) in [7, 11) is 0. The van der Waals surface area contributed by atoms with Crippen molar-refractivity contribution in [2.75, 3.05) is 13.2 Å². The zero-order chi connectivity index (χ0) is 12.8. The van der Waals surface area contributed by atoms with Crippen LogP contribution < -0.4 is 10.5 Å². The predicted molar refractivity (Wildman–Crippen MR) is 69.6 cm³/mol. The maximum absolute atomic E-state index is 5.64. The fourth-order valence-corrected chi connectivity index (χ4v) is 1.68. The molecule has 96 valence electrons. The molecule has 18 heavy (non-hydrogen) atoms. The second-order valence-electron chi connectivity index (χ2n) is 4.17. The number of nitrogens with zero attached hydrogens (tertiary/aromatic N) is 1. The summed E-state index contributed by atoms with van der Waals surface area (Å²) in [6.45, 7) is 3.18. The summed E-state index contributed by atoms with van der Waals surface area (Å²) < 4.78 is 11.1. The van der Waals surface area contributed by atoms with Gasteiger partial charge in [-0.3, -0.25) is 0 Å². The molecule has 0 amide bonds. The summed E-state index contributed by atoms with van der Waals surface area (Å²) in [5.41, 5.74) is 6.64. The highest BCUT2D eigenvalue weighted by atomic mass is 16.5. The molecule has 2 N–H and O–H groups in total. The fraction of sp³-hybridized carbons (Fsp3) is 0.357. The van der Waals surface area contributed by atoms with Crippen LogP contribution in [0.5, 0.6) is 5.75 Å². The summed E-state index contributed by atoms with van der Waals surface area (Å²) in [5.74, 6) is 2.41. The lowest BCUT2D eigenvalue weighted by Crippen LogP contribution is -2.02. The number of oxazole rings is 1. The van der Waals surface area contributed by atoms with Crippen LogP contribution in [-0.2, 0) is 12.8 Å². The van der Waals surface area contributed by atoms with E-state index in [1.54, 1.807) is 6.20 Å². The van der Waals surface area contributed by atoms with Crippen molar-refractivity contribution in [1.29, 1.82) is 0 Å². The van der Waals surface area contributed by atoms with E-state index in [0.29, 0.717) is 25.5 Å². The molecule has 1 heterocycles. The van der Waals surface area contributed by atoms with E-state index in [1.165, 1.54) is 5.56 Å². The van der Waals surface area contributed by atoms with Crippen LogP contribution >= 0.6 is 0 Å². The number of hydrogen-bond acceptors (Lipinski definition) is 4. The summed E-state index contributed by atoms with van der Waals surface area (Å²) in [6.07, 6.45) is 3.12. The molecule has 2 rings (SSSR count). The Bertz CT molecular complexity index is 494. The first-order chi connectivity index (χ1) is 8.78. The first-order valence-corrected chi connectivity index (χ1v) is 6.11. The molecule has 0 aliphatic carbocycles. The Morgan fingerprint density at radius 3 is 3.00 bits per heavy atom. The molecule has 4 heteroatoms. The predicted octanol–water partition coefficient (Wildman–Crippen LogP) is 2.11. The number of ether oxygens (including phenoxy) is 1. The third kappa shape index (κ3) is 3.60. The lowest BCUT2D eigenvalue weighted by Gasteiger charge is -2.04. The molecule has 0 spiro atoms. The molecule has 2 aromatic rings. The van der Waals surface area contributed by atoms with E-state index in [9.17, 15) is 0 Å². The Morgan fingerprint density at radius 2 is 2.22 bits per heavy atom. The van der Waals surface area contributed by atoms with Gasteiger partial charge in [0.25, 0.3) is 0 Å². The minimum atomic E-state index is 0.562. The van der Waals surface area contributed by atoms with Crippen molar-refractivity contribution in [3.63, 3.8) is 0 Å². The Kier molecular flexibility index (Phi) is 4.36. The van der Waals surface area contributed by atoms with Gasteiger partial charge in [-0.25, -0.2) is 4.98 Å². The Hall–Kier alpha value is -1.81. The maximum atomic E-state index is 5.64. The molecular formula is C14H18N2O2. The molecule has 0 aliphatic rings. The van der Waals surface area contributed by atoms with Gasteiger partial charge in [-0.1, -0.05) is 12.1 Å². The molecular weight excluding hydrogens is 228 g/mol. The van der Waals surface area contributed by atoms with Gasteiger partial charge in [0.05, 0.1) is 19.2 Å². The average molecular weight is 246 g/mol. The molecule has 1 aromatic heterocycles. The van der Waals surface area contributed by atoms with Gasteiger partial charge in [0.2, 0.25) is 0 Å². The minimum absolute atomic E-state index is 0.562. The van der Waals surface area contributed by atoms with E-state index in [2.05, 4.69) is 4.98 Å². The quantitative estimate of drug-likeness (QED) is 0.848. The summed E-state index contributed by atoms with van der Waals surface area (Å²) in [6, 6.07) is 7.98. The maximum Gasteiger partial charge on any atom is 0.197 e. The van der Waals surface area contributed by atoms with E-state index in [0.717, 1.165) is 17.9 Å². The third-order valence-corrected chi connectivity index (χ3v) is 2.57. The van der Waals surface area contributed by atoms with Gasteiger partial charge >= 0.3 is 0 Å². The summed E-state index contributed by atoms with van der Waals surface area (Å²) in [4.78, 5) is 4.18. The third-order valence-electron chi connectivity index (χ3n) is 2.57. The van der Waals surface area contributed by atoms with Crippen LogP contribution in [0, 0.1) is 6.92 Å². The Morgan fingerprint density at radius 1 is 1.33 bits per heavy atom. The first kappa shape index (κ1) is 12.6. The van der Waals surface area contributed by atoms with Crippen LogP contribution in [0.2, 0.25) is 0 Å². The normalized spacial score (nSPS) is 10.6. The van der Waals surface area contributed by atoms with Crippen molar-refractivity contribution in [3.05, 3.63) is 47.7 Å². The van der Waals surface area contributed by atoms with Gasteiger partial charge in [0.1, 0.15) is 11.5 Å². The number of aryl methyl sites for hydroxylation is 1. The van der Waals surface area contributed by atoms with E-state index >= 15 is 0 Å². The van der Waals surface area contributed by atoms with E-state index in [-0.39, 0.29) is 0 Å². The number of rotatable bonds is 6. The molecule has 4 nitrogen and oxygen atoms in total. The Balaban J connectivity index is 1.81. The standard InChI is InChI=1S/C14H18N2O2/c1-11-3-2-4-12(9-11)17-8-6-14-16-10-13(18-14)5-7-15/h2-4,9-10H,5-8,15H2,1H3. The van der Waals surface area contributed by atoms with Crippen LogP contribution in [-0.4, -0.2) is 18.1 Å². The van der Waals surface area contributed by atoms with Crippen molar-refractivity contribution >= 4 is 0 Å². The molecule has 1 aromatic carbocycles. The second-order valence-corrected chi connectivity index (χ2v) is 4.17. The van der Waals surface area contributed by atoms with Crippen molar-refractivity contribution in [1.82, 2.24) is 4.98 Å². The molecule has 0 atom stereocenters. The first-order valence-electron chi connectivity index (χ1n) is 6.11. The highest BCUT2D eigenvalue weighted by Crippen LogP contribution is 2.13. The molecule has 0 unspecified atom stereocenters. The number of hydrogen-bond donors (Lipinski definition) is 1. The van der Waals surface area contributed by atoms with Gasteiger partial charge in [0.15, 0.2) is 5.89 Å². The highest BCUT2D eigenvalue weighted by Gasteiger charge is 2.03. The van der Waals surface area contributed by atoms with Crippen LogP contribution in [0.1, 0.15) is 17.2 Å². The second kappa shape index (κ2) is 6.21. The van der Waals surface area contributed by atoms with E-state index < -0.39 is 0 Å². The largest absolute Gasteiger partial charge is 0.493 e. The minimum Gasteiger partial charge on any atom is -0.493 e. The number of aromatic nitrogens is 1. The van der Waals surface area contributed by atoms with Gasteiger partial charge in [-0.15, -0.1) is 0 Å². The summed E-state index contributed by atoms with van der Waals surface area (Å²) >= 11 is 0. The van der Waals surface area contributed by atoms with Crippen LogP contribution in [0.25, 0.3) is 0 Å². The molecule has 0 fully saturated rings. The average Bonchev–Trinajstić information content (AvgIpc) is 2.78. The van der Waals surface area contributed by atoms with Gasteiger partial charge in [-0.05, 0) is 31.2 Å². The van der Waals surface area contributed by atoms with Crippen molar-refractivity contribution in [2.24, 2.45) is 5.73 Å². The summed E-state index contributed by atoms with van der Waals surface area (Å²) in [5, 5.41) is 0. The van der Waals surface area contributed by atoms with Crippen LogP contribution in [0.15, 0.2) is 34.9 Å². The van der Waals surface area contributed by atoms with Gasteiger partial charge in [0, 0.05) is 6.42 Å². The van der Waals surface area contributed by atoms with Crippen molar-refractivity contribution in [3.8, 4) is 5.75 Å².